The molecule has 1 heterocycles. The molecule has 0 amide bonds. The van der Waals surface area contributed by atoms with E-state index in [4.69, 9.17) is 0 Å². The number of hydrogen-bond acceptors (Lipinski definition) is 1. The van der Waals surface area contributed by atoms with Crippen molar-refractivity contribution < 1.29 is 0 Å². The van der Waals surface area contributed by atoms with Crippen molar-refractivity contribution in [2.75, 3.05) is 0 Å². The lowest BCUT2D eigenvalue weighted by atomic mass is 9.81. The highest BCUT2D eigenvalue weighted by atomic mass is 14.7. The largest absolute Gasteiger partial charge is 0.268 e. The molecule has 0 saturated heterocycles. The van der Waals surface area contributed by atoms with Crippen molar-refractivity contribution in [3.05, 3.63) is 23.9 Å². The number of rotatable bonds is 0. The van der Waals surface area contributed by atoms with Crippen LogP contribution in [0, 0.1) is 10.8 Å². The van der Waals surface area contributed by atoms with Crippen LogP contribution in [0.5, 0.6) is 0 Å². The van der Waals surface area contributed by atoms with Gasteiger partial charge in [-0.25, -0.2) is 0 Å². The first kappa shape index (κ1) is 10.2. The highest BCUT2D eigenvalue weighted by Crippen LogP contribution is 2.31. The van der Waals surface area contributed by atoms with Crippen molar-refractivity contribution in [3.8, 4) is 0 Å². The van der Waals surface area contributed by atoms with Crippen LogP contribution in [0.25, 0.3) is 0 Å². The summed E-state index contributed by atoms with van der Waals surface area (Å²) < 4.78 is 0. The van der Waals surface area contributed by atoms with Gasteiger partial charge in [0.2, 0.25) is 0 Å². The van der Waals surface area contributed by atoms with E-state index in [9.17, 15) is 0 Å². The monoisotopic (exact) mass is 177 g/mol. The zero-order valence-electron chi connectivity index (χ0n) is 9.26. The van der Waals surface area contributed by atoms with Gasteiger partial charge in [-0.1, -0.05) is 40.7 Å². The minimum absolute atomic E-state index is 0.0755. The van der Waals surface area contributed by atoms with Gasteiger partial charge in [0.15, 0.2) is 0 Å². The molecule has 0 aliphatic carbocycles. The van der Waals surface area contributed by atoms with Crippen LogP contribution < -0.4 is 0 Å². The Morgan fingerprint density at radius 3 is 2.38 bits per heavy atom. The number of allylic oxidation sites excluding steroid dienone is 3. The van der Waals surface area contributed by atoms with Gasteiger partial charge in [-0.2, -0.15) is 0 Å². The predicted octanol–water partition coefficient (Wildman–Crippen LogP) is 3.58. The lowest BCUT2D eigenvalue weighted by Crippen LogP contribution is -2.14. The molecule has 0 bridgehead atoms. The maximum atomic E-state index is 4.23. The van der Waals surface area contributed by atoms with Gasteiger partial charge in [0.05, 0.1) is 0 Å². The molecule has 1 rings (SSSR count). The second-order valence-electron chi connectivity index (χ2n) is 5.26. The number of aliphatic imine (C=N–C) groups is 1. The summed E-state index contributed by atoms with van der Waals surface area (Å²) in [5, 5.41) is 0. The van der Waals surface area contributed by atoms with E-state index < -0.39 is 0 Å². The molecule has 0 N–H and O–H groups in total. The summed E-state index contributed by atoms with van der Waals surface area (Å²) in [5.41, 5.74) is 1.64. The van der Waals surface area contributed by atoms with E-state index in [0.29, 0.717) is 0 Å². The Hall–Kier alpha value is -0.850. The van der Waals surface area contributed by atoms with Crippen LogP contribution in [-0.2, 0) is 0 Å². The van der Waals surface area contributed by atoms with Gasteiger partial charge in [-0.15, -0.1) is 0 Å². The van der Waals surface area contributed by atoms with E-state index in [1.54, 1.807) is 0 Å². The zero-order chi connectivity index (χ0) is 10.1. The molecule has 0 aromatic rings. The number of nitrogens with zero attached hydrogens (tertiary/aromatic N) is 1. The standard InChI is InChI=1S/C12H19N/c1-11(2,3)10-6-7-13-9-12(4,5)8-10/h6-9H,1-5H3. The van der Waals surface area contributed by atoms with E-state index in [0.717, 1.165) is 0 Å². The summed E-state index contributed by atoms with van der Waals surface area (Å²) in [7, 11) is 0. The quantitative estimate of drug-likeness (QED) is 0.536. The lowest BCUT2D eigenvalue weighted by Gasteiger charge is -2.23. The minimum Gasteiger partial charge on any atom is -0.268 e. The van der Waals surface area contributed by atoms with Crippen molar-refractivity contribution in [1.82, 2.24) is 0 Å². The fourth-order valence-corrected chi connectivity index (χ4v) is 1.31. The van der Waals surface area contributed by atoms with Gasteiger partial charge in [0, 0.05) is 17.8 Å². The second kappa shape index (κ2) is 3.13. The Balaban J connectivity index is 3.06. The molecule has 0 radical (unpaired) electrons. The normalized spacial score (nSPS) is 21.2. The van der Waals surface area contributed by atoms with Crippen molar-refractivity contribution in [2.45, 2.75) is 34.6 Å². The SMILES string of the molecule is CC1(C)C=NC=CC(C(C)(C)C)=C1. The molecule has 0 saturated carbocycles. The topological polar surface area (TPSA) is 12.4 Å². The highest BCUT2D eigenvalue weighted by molar-refractivity contribution is 5.69. The van der Waals surface area contributed by atoms with Crippen LogP contribution in [0.2, 0.25) is 0 Å². The molecule has 13 heavy (non-hydrogen) atoms. The molecule has 0 spiro atoms. The van der Waals surface area contributed by atoms with Crippen LogP contribution in [0.15, 0.2) is 28.9 Å². The van der Waals surface area contributed by atoms with Crippen molar-refractivity contribution in [3.63, 3.8) is 0 Å². The molecule has 1 nitrogen and oxygen atoms in total. The van der Waals surface area contributed by atoms with Crippen molar-refractivity contribution in [1.29, 1.82) is 0 Å². The Kier molecular flexibility index (Phi) is 2.47. The molecule has 0 atom stereocenters. The maximum Gasteiger partial charge on any atom is 0.0267 e. The summed E-state index contributed by atoms with van der Waals surface area (Å²) in [4.78, 5) is 4.23. The van der Waals surface area contributed by atoms with E-state index in [1.165, 1.54) is 5.57 Å². The summed E-state index contributed by atoms with van der Waals surface area (Å²) in [6.45, 7) is 11.0. The van der Waals surface area contributed by atoms with Gasteiger partial charge in [0.1, 0.15) is 0 Å². The van der Waals surface area contributed by atoms with Crippen molar-refractivity contribution in [2.24, 2.45) is 15.8 Å². The molecule has 0 aromatic heterocycles. The Labute approximate surface area is 81.3 Å². The van der Waals surface area contributed by atoms with Gasteiger partial charge < -0.3 is 0 Å². The summed E-state index contributed by atoms with van der Waals surface area (Å²) in [5.74, 6) is 0. The van der Waals surface area contributed by atoms with Crippen LogP contribution in [0.1, 0.15) is 34.6 Å². The number of hydrogen-bond donors (Lipinski definition) is 0. The molecular formula is C12H19N. The Bertz CT molecular complexity index is 272. The van der Waals surface area contributed by atoms with E-state index in [1.807, 2.05) is 12.4 Å². The average molecular weight is 177 g/mol. The third-order valence-corrected chi connectivity index (χ3v) is 2.14. The first-order chi connectivity index (χ1) is 5.81. The van der Waals surface area contributed by atoms with Crippen LogP contribution in [0.3, 0.4) is 0 Å². The van der Waals surface area contributed by atoms with Gasteiger partial charge in [0.25, 0.3) is 0 Å². The fraction of sp³-hybridized carbons (Fsp3) is 0.583. The Morgan fingerprint density at radius 2 is 1.85 bits per heavy atom. The maximum absolute atomic E-state index is 4.23. The van der Waals surface area contributed by atoms with Gasteiger partial charge in [-0.3, -0.25) is 4.99 Å². The van der Waals surface area contributed by atoms with Gasteiger partial charge >= 0.3 is 0 Å². The van der Waals surface area contributed by atoms with E-state index in [2.05, 4.69) is 51.8 Å². The summed E-state index contributed by atoms with van der Waals surface area (Å²) >= 11 is 0. The van der Waals surface area contributed by atoms with Crippen LogP contribution in [-0.4, -0.2) is 6.21 Å². The molecule has 0 fully saturated rings. The Morgan fingerprint density at radius 1 is 1.23 bits per heavy atom. The van der Waals surface area contributed by atoms with Crippen LogP contribution >= 0.6 is 0 Å². The minimum atomic E-state index is 0.0755. The first-order valence-electron chi connectivity index (χ1n) is 4.75. The molecular weight excluding hydrogens is 158 g/mol. The first-order valence-corrected chi connectivity index (χ1v) is 4.75. The van der Waals surface area contributed by atoms with Gasteiger partial charge in [-0.05, 0) is 17.1 Å². The molecule has 0 aromatic carbocycles. The third-order valence-electron chi connectivity index (χ3n) is 2.14. The van der Waals surface area contributed by atoms with Crippen molar-refractivity contribution >= 4 is 6.21 Å². The highest BCUT2D eigenvalue weighted by Gasteiger charge is 2.20. The second-order valence-corrected chi connectivity index (χ2v) is 5.26. The fourth-order valence-electron chi connectivity index (χ4n) is 1.31. The molecule has 1 heteroatoms. The molecule has 1 aliphatic rings. The summed E-state index contributed by atoms with van der Waals surface area (Å²) in [6.07, 6.45) is 8.26. The molecule has 1 aliphatic heterocycles. The molecule has 0 unspecified atom stereocenters. The smallest absolute Gasteiger partial charge is 0.0267 e. The van der Waals surface area contributed by atoms with E-state index in [-0.39, 0.29) is 10.8 Å². The predicted molar refractivity (Wildman–Crippen MR) is 59.0 cm³/mol. The third kappa shape index (κ3) is 2.83. The van der Waals surface area contributed by atoms with Crippen LogP contribution in [0.4, 0.5) is 0 Å². The molecule has 72 valence electrons. The lowest BCUT2D eigenvalue weighted by molar-refractivity contribution is 0.506. The summed E-state index contributed by atoms with van der Waals surface area (Å²) in [6, 6.07) is 0. The zero-order valence-corrected chi connectivity index (χ0v) is 9.26. The van der Waals surface area contributed by atoms with E-state index >= 15 is 0 Å². The average Bonchev–Trinajstić information content (AvgIpc) is 2.08.